The van der Waals surface area contributed by atoms with Gasteiger partial charge in [-0.1, -0.05) is 11.6 Å². The minimum absolute atomic E-state index is 0.499. The Bertz CT molecular complexity index is 816. The number of pyridine rings is 1. The van der Waals surface area contributed by atoms with E-state index in [1.54, 1.807) is 12.4 Å². The van der Waals surface area contributed by atoms with E-state index in [1.807, 2.05) is 12.4 Å². The van der Waals surface area contributed by atoms with Crippen LogP contribution in [-0.2, 0) is 6.54 Å². The molecule has 0 N–H and O–H groups in total. The van der Waals surface area contributed by atoms with Crippen LogP contribution in [0, 0.1) is 6.92 Å². The molecule has 0 amide bonds. The molecule has 1 atom stereocenters. The van der Waals surface area contributed by atoms with Crippen LogP contribution in [0.1, 0.15) is 29.2 Å². The molecule has 1 saturated heterocycles. The first-order valence-electron chi connectivity index (χ1n) is 8.11. The summed E-state index contributed by atoms with van der Waals surface area (Å²) < 4.78 is 0. The minimum atomic E-state index is 0.499. The summed E-state index contributed by atoms with van der Waals surface area (Å²) >= 11 is 0. The number of likely N-dealkylation sites (tertiary alicyclic amines) is 1. The van der Waals surface area contributed by atoms with E-state index in [0.29, 0.717) is 5.92 Å². The summed E-state index contributed by atoms with van der Waals surface area (Å²) in [5.74, 6) is 0.499. The lowest BCUT2D eigenvalue weighted by molar-refractivity contribution is 0.326. The summed E-state index contributed by atoms with van der Waals surface area (Å²) in [7, 11) is 0. The van der Waals surface area contributed by atoms with Crippen molar-refractivity contribution in [2.24, 2.45) is 0 Å². The number of benzene rings is 1. The highest BCUT2D eigenvalue weighted by molar-refractivity contribution is 5.79. The third-order valence-electron chi connectivity index (χ3n) is 4.57. The van der Waals surface area contributed by atoms with Crippen molar-refractivity contribution in [3.63, 3.8) is 0 Å². The molecular weight excluding hydrogens is 284 g/mol. The van der Waals surface area contributed by atoms with Crippen LogP contribution in [-0.4, -0.2) is 32.9 Å². The monoisotopic (exact) mass is 304 g/mol. The molecule has 3 aromatic rings. The molecule has 4 heteroatoms. The van der Waals surface area contributed by atoms with Crippen molar-refractivity contribution in [3.8, 4) is 0 Å². The van der Waals surface area contributed by atoms with E-state index in [1.165, 1.54) is 16.5 Å². The Hall–Kier alpha value is -2.33. The number of fused-ring (bicyclic) bond motifs is 1. The number of nitrogens with zero attached hydrogens (tertiary/aromatic N) is 4. The van der Waals surface area contributed by atoms with Crippen LogP contribution < -0.4 is 0 Å². The second-order valence-electron chi connectivity index (χ2n) is 6.39. The predicted molar refractivity (Wildman–Crippen MR) is 91.1 cm³/mol. The van der Waals surface area contributed by atoms with Gasteiger partial charge in [0, 0.05) is 49.2 Å². The van der Waals surface area contributed by atoms with E-state index in [2.05, 4.69) is 51.0 Å². The van der Waals surface area contributed by atoms with E-state index in [-0.39, 0.29) is 0 Å². The van der Waals surface area contributed by atoms with Crippen LogP contribution >= 0.6 is 0 Å². The van der Waals surface area contributed by atoms with Gasteiger partial charge in [0.25, 0.3) is 0 Å². The van der Waals surface area contributed by atoms with Gasteiger partial charge >= 0.3 is 0 Å². The molecule has 1 aromatic carbocycles. The van der Waals surface area contributed by atoms with Crippen LogP contribution in [0.25, 0.3) is 10.9 Å². The average molecular weight is 304 g/mol. The normalized spacial score (nSPS) is 18.6. The fourth-order valence-electron chi connectivity index (χ4n) is 3.38. The Morgan fingerprint density at radius 1 is 1.13 bits per heavy atom. The maximum absolute atomic E-state index is 4.59. The second kappa shape index (κ2) is 6.05. The molecule has 4 nitrogen and oxygen atoms in total. The van der Waals surface area contributed by atoms with E-state index in [9.17, 15) is 0 Å². The Morgan fingerprint density at radius 2 is 2.09 bits per heavy atom. The van der Waals surface area contributed by atoms with Gasteiger partial charge in [-0.15, -0.1) is 0 Å². The molecule has 23 heavy (non-hydrogen) atoms. The lowest BCUT2D eigenvalue weighted by Gasteiger charge is -2.16. The molecule has 1 aliphatic heterocycles. The van der Waals surface area contributed by atoms with Gasteiger partial charge in [-0.25, -0.2) is 0 Å². The largest absolute Gasteiger partial charge is 0.298 e. The van der Waals surface area contributed by atoms with Gasteiger partial charge in [-0.3, -0.25) is 19.9 Å². The van der Waals surface area contributed by atoms with Crippen LogP contribution in [0.3, 0.4) is 0 Å². The van der Waals surface area contributed by atoms with Crippen molar-refractivity contribution in [1.29, 1.82) is 0 Å². The van der Waals surface area contributed by atoms with E-state index in [0.717, 1.165) is 37.3 Å². The molecule has 0 radical (unpaired) electrons. The zero-order chi connectivity index (χ0) is 15.6. The fourth-order valence-corrected chi connectivity index (χ4v) is 3.38. The number of aryl methyl sites for hydroxylation is 1. The fraction of sp³-hybridized carbons (Fsp3) is 0.316. The van der Waals surface area contributed by atoms with Gasteiger partial charge in [-0.05, 0) is 43.7 Å². The first kappa shape index (κ1) is 14.3. The molecule has 1 aliphatic rings. The molecule has 0 unspecified atom stereocenters. The summed E-state index contributed by atoms with van der Waals surface area (Å²) in [6.07, 6.45) is 8.58. The zero-order valence-electron chi connectivity index (χ0n) is 13.3. The Morgan fingerprint density at radius 3 is 2.96 bits per heavy atom. The highest BCUT2D eigenvalue weighted by Gasteiger charge is 2.24. The molecule has 2 aromatic heterocycles. The minimum Gasteiger partial charge on any atom is -0.298 e. The van der Waals surface area contributed by atoms with Gasteiger partial charge in [-0.2, -0.15) is 0 Å². The van der Waals surface area contributed by atoms with Gasteiger partial charge in [0.1, 0.15) is 0 Å². The molecule has 0 bridgehead atoms. The molecule has 3 heterocycles. The third kappa shape index (κ3) is 3.08. The number of rotatable bonds is 3. The van der Waals surface area contributed by atoms with E-state index >= 15 is 0 Å². The maximum atomic E-state index is 4.59. The summed E-state index contributed by atoms with van der Waals surface area (Å²) in [4.78, 5) is 15.7. The van der Waals surface area contributed by atoms with Crippen molar-refractivity contribution in [2.75, 3.05) is 13.1 Å². The SMILES string of the molecule is Cc1ccc2ncc(CN3CC[C@H](c4cnccn4)C3)cc2c1. The highest BCUT2D eigenvalue weighted by atomic mass is 15.1. The molecule has 0 spiro atoms. The number of hydrogen-bond donors (Lipinski definition) is 0. The number of hydrogen-bond acceptors (Lipinski definition) is 4. The van der Waals surface area contributed by atoms with E-state index < -0.39 is 0 Å². The summed E-state index contributed by atoms with van der Waals surface area (Å²) in [5, 5.41) is 1.23. The molecular formula is C19H20N4. The van der Waals surface area contributed by atoms with Gasteiger partial charge in [0.15, 0.2) is 0 Å². The van der Waals surface area contributed by atoms with Crippen molar-refractivity contribution in [3.05, 3.63) is 65.9 Å². The first-order valence-corrected chi connectivity index (χ1v) is 8.11. The quantitative estimate of drug-likeness (QED) is 0.744. The topological polar surface area (TPSA) is 41.9 Å². The van der Waals surface area contributed by atoms with Crippen molar-refractivity contribution in [2.45, 2.75) is 25.8 Å². The van der Waals surface area contributed by atoms with Crippen molar-refractivity contribution in [1.82, 2.24) is 19.9 Å². The lowest BCUT2D eigenvalue weighted by Crippen LogP contribution is -2.20. The van der Waals surface area contributed by atoms with E-state index in [4.69, 9.17) is 0 Å². The van der Waals surface area contributed by atoms with Gasteiger partial charge in [0.05, 0.1) is 11.2 Å². The van der Waals surface area contributed by atoms with Crippen LogP contribution in [0.5, 0.6) is 0 Å². The number of aromatic nitrogens is 3. The summed E-state index contributed by atoms with van der Waals surface area (Å²) in [5.41, 5.74) is 4.74. The van der Waals surface area contributed by atoms with Gasteiger partial charge < -0.3 is 0 Å². The molecule has 0 saturated carbocycles. The molecule has 1 fully saturated rings. The smallest absolute Gasteiger partial charge is 0.0702 e. The Balaban J connectivity index is 1.48. The average Bonchev–Trinajstić information content (AvgIpc) is 3.04. The standard InChI is InChI=1S/C19H20N4/c1-14-2-3-18-17(8-14)9-15(10-22-18)12-23-7-4-16(13-23)19-11-20-5-6-21-19/h2-3,5-6,8-11,16H,4,7,12-13H2,1H3/t16-/m0/s1. The Kier molecular flexibility index (Phi) is 3.75. The summed E-state index contributed by atoms with van der Waals surface area (Å²) in [6, 6.07) is 8.68. The van der Waals surface area contributed by atoms with Gasteiger partial charge in [0.2, 0.25) is 0 Å². The third-order valence-corrected chi connectivity index (χ3v) is 4.57. The highest BCUT2D eigenvalue weighted by Crippen LogP contribution is 2.26. The van der Waals surface area contributed by atoms with Crippen molar-refractivity contribution < 1.29 is 0 Å². The predicted octanol–water partition coefficient (Wildman–Crippen LogP) is 3.32. The Labute approximate surface area is 136 Å². The molecule has 4 rings (SSSR count). The first-order chi connectivity index (χ1) is 11.3. The molecule has 0 aliphatic carbocycles. The maximum Gasteiger partial charge on any atom is 0.0702 e. The van der Waals surface area contributed by atoms with Crippen LogP contribution in [0.15, 0.2) is 49.1 Å². The zero-order valence-corrected chi connectivity index (χ0v) is 13.3. The lowest BCUT2D eigenvalue weighted by atomic mass is 10.1. The second-order valence-corrected chi connectivity index (χ2v) is 6.39. The van der Waals surface area contributed by atoms with Crippen LogP contribution in [0.4, 0.5) is 0 Å². The van der Waals surface area contributed by atoms with Crippen LogP contribution in [0.2, 0.25) is 0 Å². The van der Waals surface area contributed by atoms with Crippen molar-refractivity contribution >= 4 is 10.9 Å². The molecule has 116 valence electrons. The summed E-state index contributed by atoms with van der Waals surface area (Å²) in [6.45, 7) is 5.23.